The van der Waals surface area contributed by atoms with Crippen molar-refractivity contribution in [3.8, 4) is 0 Å². The first kappa shape index (κ1) is 14.5. The topological polar surface area (TPSA) is 46.2 Å². The van der Waals surface area contributed by atoms with Gasteiger partial charge in [0, 0.05) is 4.88 Å². The highest BCUT2D eigenvalue weighted by atomic mass is 35.5. The highest BCUT2D eigenvalue weighted by molar-refractivity contribution is 7.90. The number of benzene rings is 1. The first-order valence-corrected chi connectivity index (χ1v) is 8.43. The zero-order valence-corrected chi connectivity index (χ0v) is 12.1. The van der Waals surface area contributed by atoms with Crippen LogP contribution in [-0.2, 0) is 10.0 Å². The van der Waals surface area contributed by atoms with Gasteiger partial charge < -0.3 is 0 Å². The average Bonchev–Trinajstić information content (AvgIpc) is 2.91. The van der Waals surface area contributed by atoms with Crippen LogP contribution in [-0.4, -0.2) is 13.6 Å². The third kappa shape index (κ3) is 3.76. The Labute approximate surface area is 120 Å². The first-order valence-electron chi connectivity index (χ1n) is 5.36. The number of halogens is 2. The Hall–Kier alpha value is -0.950. The van der Waals surface area contributed by atoms with Gasteiger partial charge in [0.1, 0.15) is 11.0 Å². The third-order valence-corrected chi connectivity index (χ3v) is 5.15. The molecule has 102 valence electrons. The summed E-state index contributed by atoms with van der Waals surface area (Å²) in [5, 5.41) is 1.33. The Morgan fingerprint density at radius 2 is 1.95 bits per heavy atom. The normalized spacial score (nSPS) is 13.4. The van der Waals surface area contributed by atoms with E-state index in [1.54, 1.807) is 12.1 Å². The van der Waals surface area contributed by atoms with E-state index in [0.717, 1.165) is 4.88 Å². The lowest BCUT2D eigenvalue weighted by atomic mass is 10.1. The zero-order chi connectivity index (χ0) is 13.9. The summed E-state index contributed by atoms with van der Waals surface area (Å²) in [5.41, 5.74) is 0.664. The number of sulfonamides is 1. The summed E-state index contributed by atoms with van der Waals surface area (Å²) in [6, 6.07) is 8.79. The van der Waals surface area contributed by atoms with Gasteiger partial charge in [0.05, 0.1) is 6.04 Å². The molecule has 2 rings (SSSR count). The van der Waals surface area contributed by atoms with Gasteiger partial charge in [-0.3, -0.25) is 0 Å². The Morgan fingerprint density at radius 1 is 1.26 bits per heavy atom. The van der Waals surface area contributed by atoms with Gasteiger partial charge in [-0.15, -0.1) is 22.9 Å². The molecule has 0 aliphatic carbocycles. The molecule has 7 heteroatoms. The Morgan fingerprint density at radius 3 is 2.47 bits per heavy atom. The molecule has 1 N–H and O–H groups in total. The minimum absolute atomic E-state index is 0.367. The quantitative estimate of drug-likeness (QED) is 0.861. The van der Waals surface area contributed by atoms with Crippen molar-refractivity contribution in [1.29, 1.82) is 0 Å². The minimum Gasteiger partial charge on any atom is -0.211 e. The monoisotopic (exact) mass is 319 g/mol. The van der Waals surface area contributed by atoms with E-state index < -0.39 is 21.3 Å². The number of hydrogen-bond acceptors (Lipinski definition) is 3. The fraction of sp³-hybridized carbons (Fsp3) is 0.167. The maximum Gasteiger partial charge on any atom is 0.226 e. The molecule has 0 fully saturated rings. The molecule has 1 unspecified atom stereocenters. The molecule has 0 amide bonds. The summed E-state index contributed by atoms with van der Waals surface area (Å²) < 4.78 is 38.7. The maximum atomic E-state index is 12.9. The molecule has 0 bridgehead atoms. The van der Waals surface area contributed by atoms with Gasteiger partial charge in [-0.25, -0.2) is 17.5 Å². The van der Waals surface area contributed by atoms with Crippen LogP contribution in [0.3, 0.4) is 0 Å². The van der Waals surface area contributed by atoms with Crippen LogP contribution >= 0.6 is 22.9 Å². The summed E-state index contributed by atoms with van der Waals surface area (Å²) in [6.07, 6.45) is 0. The smallest absolute Gasteiger partial charge is 0.211 e. The van der Waals surface area contributed by atoms with E-state index in [4.69, 9.17) is 11.6 Å². The van der Waals surface area contributed by atoms with Crippen LogP contribution in [0.15, 0.2) is 41.8 Å². The molecule has 1 heterocycles. The summed E-state index contributed by atoms with van der Waals surface area (Å²) in [4.78, 5) is 0.820. The van der Waals surface area contributed by atoms with E-state index in [1.165, 1.54) is 23.5 Å². The van der Waals surface area contributed by atoms with Gasteiger partial charge in [0.25, 0.3) is 0 Å². The van der Waals surface area contributed by atoms with E-state index in [9.17, 15) is 12.8 Å². The van der Waals surface area contributed by atoms with Crippen molar-refractivity contribution in [3.05, 3.63) is 58.0 Å². The minimum atomic E-state index is -3.57. The molecule has 0 aliphatic rings. The molecule has 0 spiro atoms. The molecule has 1 aromatic heterocycles. The van der Waals surface area contributed by atoms with Crippen molar-refractivity contribution < 1.29 is 12.8 Å². The molecule has 0 saturated heterocycles. The van der Waals surface area contributed by atoms with E-state index in [2.05, 4.69) is 4.72 Å². The predicted octanol–water partition coefficient (Wildman–Crippen LogP) is 3.09. The second-order valence-electron chi connectivity index (χ2n) is 3.84. The van der Waals surface area contributed by atoms with E-state index in [0.29, 0.717) is 5.56 Å². The lowest BCUT2D eigenvalue weighted by Crippen LogP contribution is -2.29. The van der Waals surface area contributed by atoms with Crippen molar-refractivity contribution in [3.63, 3.8) is 0 Å². The first-order chi connectivity index (χ1) is 9.02. The molecule has 1 atom stereocenters. The zero-order valence-electron chi connectivity index (χ0n) is 9.71. The van der Waals surface area contributed by atoms with Crippen LogP contribution in [0, 0.1) is 5.82 Å². The number of nitrogens with one attached hydrogen (secondary N) is 1. The number of alkyl halides is 1. The fourth-order valence-electron chi connectivity index (χ4n) is 1.61. The summed E-state index contributed by atoms with van der Waals surface area (Å²) in [6.45, 7) is 0. The molecule has 1 aromatic carbocycles. The fourth-order valence-corrected chi connectivity index (χ4v) is 3.36. The lowest BCUT2D eigenvalue weighted by molar-refractivity contribution is 0.577. The van der Waals surface area contributed by atoms with Crippen molar-refractivity contribution in [2.45, 2.75) is 6.04 Å². The van der Waals surface area contributed by atoms with Gasteiger partial charge in [0.2, 0.25) is 10.0 Å². The second kappa shape index (κ2) is 6.00. The van der Waals surface area contributed by atoms with Crippen molar-refractivity contribution in [2.75, 3.05) is 5.21 Å². The van der Waals surface area contributed by atoms with Crippen molar-refractivity contribution >= 4 is 33.0 Å². The van der Waals surface area contributed by atoms with E-state index >= 15 is 0 Å². The molecule has 0 radical (unpaired) electrons. The molecule has 19 heavy (non-hydrogen) atoms. The van der Waals surface area contributed by atoms with Crippen LogP contribution in [0.4, 0.5) is 4.39 Å². The van der Waals surface area contributed by atoms with Crippen LogP contribution < -0.4 is 4.72 Å². The Kier molecular flexibility index (Phi) is 4.57. The SMILES string of the molecule is O=S(=O)(CCl)NC(c1ccc(F)cc1)c1cccs1. The van der Waals surface area contributed by atoms with E-state index in [1.807, 2.05) is 17.5 Å². The molecule has 2 aromatic rings. The molecule has 0 aliphatic heterocycles. The Balaban J connectivity index is 2.38. The summed E-state index contributed by atoms with van der Waals surface area (Å²) in [5.74, 6) is -0.367. The Bertz CT molecular complexity index is 626. The van der Waals surface area contributed by atoms with Gasteiger partial charge >= 0.3 is 0 Å². The second-order valence-corrected chi connectivity index (χ2v) is 7.16. The highest BCUT2D eigenvalue weighted by Gasteiger charge is 2.21. The largest absolute Gasteiger partial charge is 0.226 e. The highest BCUT2D eigenvalue weighted by Crippen LogP contribution is 2.27. The van der Waals surface area contributed by atoms with Crippen LogP contribution in [0.5, 0.6) is 0 Å². The van der Waals surface area contributed by atoms with Crippen molar-refractivity contribution in [2.24, 2.45) is 0 Å². The molecular formula is C12H11ClFNO2S2. The molecule has 0 saturated carbocycles. The van der Waals surface area contributed by atoms with Gasteiger partial charge in [-0.2, -0.15) is 0 Å². The summed E-state index contributed by atoms with van der Waals surface area (Å²) >= 11 is 6.82. The molecule has 3 nitrogen and oxygen atoms in total. The van der Waals surface area contributed by atoms with Crippen LogP contribution in [0.1, 0.15) is 16.5 Å². The number of hydrogen-bond donors (Lipinski definition) is 1. The van der Waals surface area contributed by atoms with Crippen LogP contribution in [0.25, 0.3) is 0 Å². The average molecular weight is 320 g/mol. The standard InChI is InChI=1S/C12H11ClFNO2S2/c13-8-19(16,17)15-12(11-2-1-7-18-11)9-3-5-10(14)6-4-9/h1-7,12,15H,8H2. The van der Waals surface area contributed by atoms with Crippen molar-refractivity contribution in [1.82, 2.24) is 4.72 Å². The van der Waals surface area contributed by atoms with Gasteiger partial charge in [-0.1, -0.05) is 18.2 Å². The molecular weight excluding hydrogens is 309 g/mol. The van der Waals surface area contributed by atoms with Crippen LogP contribution in [0.2, 0.25) is 0 Å². The predicted molar refractivity (Wildman–Crippen MR) is 75.3 cm³/mol. The third-order valence-electron chi connectivity index (χ3n) is 2.47. The summed E-state index contributed by atoms with van der Waals surface area (Å²) in [7, 11) is -3.57. The van der Waals surface area contributed by atoms with E-state index in [-0.39, 0.29) is 5.82 Å². The maximum absolute atomic E-state index is 12.9. The van der Waals surface area contributed by atoms with Gasteiger partial charge in [-0.05, 0) is 29.1 Å². The number of rotatable bonds is 5. The lowest BCUT2D eigenvalue weighted by Gasteiger charge is -2.17. The number of thiophene rings is 1. The van der Waals surface area contributed by atoms with Gasteiger partial charge in [0.15, 0.2) is 0 Å².